The highest BCUT2D eigenvalue weighted by Crippen LogP contribution is 2.15. The Labute approximate surface area is 134 Å². The Bertz CT molecular complexity index is 774. The summed E-state index contributed by atoms with van der Waals surface area (Å²) in [6.07, 6.45) is 3.52. The highest BCUT2D eigenvalue weighted by molar-refractivity contribution is 5.26. The Morgan fingerprint density at radius 1 is 1.22 bits per heavy atom. The Morgan fingerprint density at radius 2 is 2.04 bits per heavy atom. The molecule has 0 aliphatic rings. The van der Waals surface area contributed by atoms with Gasteiger partial charge >= 0.3 is 0 Å². The monoisotopic (exact) mass is 315 g/mol. The number of hydrogen-bond acceptors (Lipinski definition) is 6. The number of nitrogens with zero attached hydrogens (tertiary/aromatic N) is 7. The van der Waals surface area contributed by atoms with Gasteiger partial charge in [0.25, 0.3) is 5.78 Å². The molecule has 0 radical (unpaired) electrons. The lowest BCUT2D eigenvalue weighted by atomic mass is 10.2. The van der Waals surface area contributed by atoms with Crippen molar-refractivity contribution in [1.82, 2.24) is 34.3 Å². The van der Waals surface area contributed by atoms with Crippen LogP contribution in [0.2, 0.25) is 0 Å². The second-order valence-corrected chi connectivity index (χ2v) is 5.60. The Morgan fingerprint density at radius 3 is 2.70 bits per heavy atom. The maximum absolute atomic E-state index is 9.36. The smallest absolute Gasteiger partial charge is 0.252 e. The fourth-order valence-electron chi connectivity index (χ4n) is 2.67. The fraction of sp³-hybridized carbons (Fsp3) is 0.467. The summed E-state index contributed by atoms with van der Waals surface area (Å²) in [7, 11) is 1.94. The van der Waals surface area contributed by atoms with Gasteiger partial charge in [-0.3, -0.25) is 9.58 Å². The van der Waals surface area contributed by atoms with Crippen molar-refractivity contribution in [2.45, 2.75) is 26.9 Å². The molecule has 0 fully saturated rings. The van der Waals surface area contributed by atoms with Crippen LogP contribution in [-0.4, -0.2) is 52.5 Å². The van der Waals surface area contributed by atoms with E-state index in [9.17, 15) is 5.11 Å². The van der Waals surface area contributed by atoms with E-state index in [1.807, 2.05) is 30.9 Å². The summed E-state index contributed by atoms with van der Waals surface area (Å²) in [5.74, 6) is 1.27. The zero-order valence-corrected chi connectivity index (χ0v) is 13.6. The topological polar surface area (TPSA) is 84.4 Å². The predicted octanol–water partition coefficient (Wildman–Crippen LogP) is 0.469. The normalized spacial score (nSPS) is 11.7. The van der Waals surface area contributed by atoms with Crippen LogP contribution in [0.3, 0.4) is 0 Å². The van der Waals surface area contributed by atoms with E-state index in [-0.39, 0.29) is 6.61 Å². The number of aryl methyl sites for hydroxylation is 2. The van der Waals surface area contributed by atoms with Crippen LogP contribution in [0.1, 0.15) is 22.8 Å². The summed E-state index contributed by atoms with van der Waals surface area (Å²) in [5, 5.41) is 18.2. The van der Waals surface area contributed by atoms with Crippen molar-refractivity contribution in [1.29, 1.82) is 0 Å². The first-order valence-corrected chi connectivity index (χ1v) is 7.57. The molecule has 0 atom stereocenters. The molecule has 122 valence electrons. The first-order chi connectivity index (χ1) is 11.1. The van der Waals surface area contributed by atoms with Crippen LogP contribution in [0.25, 0.3) is 5.78 Å². The summed E-state index contributed by atoms with van der Waals surface area (Å²) in [4.78, 5) is 10.7. The highest BCUT2D eigenvalue weighted by atomic mass is 16.3. The van der Waals surface area contributed by atoms with Gasteiger partial charge in [-0.15, -0.1) is 5.10 Å². The van der Waals surface area contributed by atoms with Gasteiger partial charge in [0.15, 0.2) is 5.82 Å². The van der Waals surface area contributed by atoms with E-state index in [4.69, 9.17) is 0 Å². The summed E-state index contributed by atoms with van der Waals surface area (Å²) in [5.41, 5.74) is 3.33. The zero-order valence-electron chi connectivity index (χ0n) is 13.6. The molecule has 23 heavy (non-hydrogen) atoms. The molecular weight excluding hydrogens is 294 g/mol. The van der Waals surface area contributed by atoms with E-state index in [0.717, 1.165) is 11.4 Å². The predicted molar refractivity (Wildman–Crippen MR) is 84.7 cm³/mol. The average Bonchev–Trinajstić information content (AvgIpc) is 3.03. The van der Waals surface area contributed by atoms with Gasteiger partial charge in [0.1, 0.15) is 0 Å². The number of fused-ring (bicyclic) bond motifs is 1. The van der Waals surface area contributed by atoms with Crippen LogP contribution in [0.4, 0.5) is 0 Å². The average molecular weight is 315 g/mol. The van der Waals surface area contributed by atoms with E-state index in [2.05, 4.69) is 32.0 Å². The van der Waals surface area contributed by atoms with Crippen LogP contribution in [0.15, 0.2) is 18.5 Å². The minimum absolute atomic E-state index is 0.0873. The molecule has 0 bridgehead atoms. The Balaban J connectivity index is 1.81. The molecule has 0 aromatic carbocycles. The summed E-state index contributed by atoms with van der Waals surface area (Å²) >= 11 is 0. The second kappa shape index (κ2) is 6.43. The molecule has 8 nitrogen and oxygen atoms in total. The minimum atomic E-state index is 0.0873. The van der Waals surface area contributed by atoms with E-state index in [1.165, 1.54) is 5.56 Å². The van der Waals surface area contributed by atoms with Gasteiger partial charge in [-0.25, -0.2) is 9.50 Å². The lowest BCUT2D eigenvalue weighted by Gasteiger charge is -2.19. The molecule has 0 amide bonds. The maximum atomic E-state index is 9.36. The first kappa shape index (κ1) is 15.6. The van der Waals surface area contributed by atoms with Gasteiger partial charge in [0, 0.05) is 43.8 Å². The van der Waals surface area contributed by atoms with Gasteiger partial charge in [0.2, 0.25) is 0 Å². The summed E-state index contributed by atoms with van der Waals surface area (Å²) < 4.78 is 3.54. The van der Waals surface area contributed by atoms with Gasteiger partial charge in [0.05, 0.1) is 18.8 Å². The zero-order chi connectivity index (χ0) is 16.4. The molecule has 3 heterocycles. The minimum Gasteiger partial charge on any atom is -0.395 e. The molecule has 3 rings (SSSR count). The van der Waals surface area contributed by atoms with E-state index < -0.39 is 0 Å². The van der Waals surface area contributed by atoms with E-state index in [0.29, 0.717) is 31.2 Å². The second-order valence-electron chi connectivity index (χ2n) is 5.60. The van der Waals surface area contributed by atoms with Crippen LogP contribution >= 0.6 is 0 Å². The lowest BCUT2D eigenvalue weighted by Crippen LogP contribution is -2.27. The number of aliphatic hydroxyl groups excluding tert-OH is 1. The molecule has 0 unspecified atom stereocenters. The molecule has 3 aromatic rings. The summed E-state index contributed by atoms with van der Waals surface area (Å²) in [6, 6.07) is 1.82. The van der Waals surface area contributed by atoms with Gasteiger partial charge in [-0.05, 0) is 19.9 Å². The standard InChI is InChI=1S/C15H21N7O/c1-11-13(12(2)20(3)18-11)9-21(7-8-23)10-14-17-15-16-5-4-6-22(15)19-14/h4-6,23H,7-10H2,1-3H3. The van der Waals surface area contributed by atoms with Crippen LogP contribution < -0.4 is 0 Å². The van der Waals surface area contributed by atoms with Crippen molar-refractivity contribution in [2.75, 3.05) is 13.2 Å². The third-order valence-electron chi connectivity index (χ3n) is 3.98. The van der Waals surface area contributed by atoms with Crippen molar-refractivity contribution < 1.29 is 5.11 Å². The fourth-order valence-corrected chi connectivity index (χ4v) is 2.67. The maximum Gasteiger partial charge on any atom is 0.252 e. The third kappa shape index (κ3) is 3.22. The molecule has 0 saturated carbocycles. The molecule has 3 aromatic heterocycles. The van der Waals surface area contributed by atoms with Crippen molar-refractivity contribution in [3.8, 4) is 0 Å². The molecule has 0 saturated heterocycles. The molecule has 0 spiro atoms. The largest absolute Gasteiger partial charge is 0.395 e. The summed E-state index contributed by atoms with van der Waals surface area (Å²) in [6.45, 7) is 5.96. The van der Waals surface area contributed by atoms with Crippen molar-refractivity contribution in [3.05, 3.63) is 41.2 Å². The highest BCUT2D eigenvalue weighted by Gasteiger charge is 2.16. The van der Waals surface area contributed by atoms with Crippen molar-refractivity contribution in [2.24, 2.45) is 7.05 Å². The Kier molecular flexibility index (Phi) is 4.35. The number of hydrogen-bond donors (Lipinski definition) is 1. The van der Waals surface area contributed by atoms with Gasteiger partial charge < -0.3 is 5.11 Å². The molecule has 0 aliphatic carbocycles. The lowest BCUT2D eigenvalue weighted by molar-refractivity contribution is 0.181. The Hall–Kier alpha value is -2.32. The third-order valence-corrected chi connectivity index (χ3v) is 3.98. The molecule has 0 aliphatic heterocycles. The van der Waals surface area contributed by atoms with Crippen molar-refractivity contribution >= 4 is 5.78 Å². The van der Waals surface area contributed by atoms with E-state index >= 15 is 0 Å². The number of rotatable bonds is 6. The van der Waals surface area contributed by atoms with Crippen LogP contribution in [0.5, 0.6) is 0 Å². The van der Waals surface area contributed by atoms with Crippen LogP contribution in [-0.2, 0) is 20.1 Å². The van der Waals surface area contributed by atoms with Gasteiger partial charge in [-0.1, -0.05) is 0 Å². The van der Waals surface area contributed by atoms with Crippen molar-refractivity contribution in [3.63, 3.8) is 0 Å². The molecular formula is C15H21N7O. The SMILES string of the molecule is Cc1nn(C)c(C)c1CN(CCO)Cc1nc2ncccn2n1. The molecule has 8 heteroatoms. The first-order valence-electron chi connectivity index (χ1n) is 7.57. The number of aromatic nitrogens is 6. The van der Waals surface area contributed by atoms with Crippen LogP contribution in [0, 0.1) is 13.8 Å². The van der Waals surface area contributed by atoms with Gasteiger partial charge in [-0.2, -0.15) is 10.1 Å². The quantitative estimate of drug-likeness (QED) is 0.712. The molecule has 1 N–H and O–H groups in total. The van der Waals surface area contributed by atoms with E-state index in [1.54, 1.807) is 10.7 Å². The number of aliphatic hydroxyl groups is 1.